The molecule has 0 saturated carbocycles. The highest BCUT2D eigenvalue weighted by atomic mass is 79.9. The molecule has 1 aromatic carbocycles. The van der Waals surface area contributed by atoms with E-state index in [9.17, 15) is 23.7 Å². The summed E-state index contributed by atoms with van der Waals surface area (Å²) in [4.78, 5) is 22.9. The SMILES string of the molecule is NC(=O)c1cc(Br)cc([N+](=O)[O-])c1N1CCC(F)(F)C1. The van der Waals surface area contributed by atoms with Gasteiger partial charge in [-0.15, -0.1) is 0 Å². The molecule has 108 valence electrons. The number of amides is 1. The van der Waals surface area contributed by atoms with E-state index in [2.05, 4.69) is 15.9 Å². The predicted octanol–water partition coefficient (Wildman–Crippen LogP) is 2.30. The molecule has 20 heavy (non-hydrogen) atoms. The largest absolute Gasteiger partial charge is 0.366 e. The van der Waals surface area contributed by atoms with Crippen LogP contribution in [0.2, 0.25) is 0 Å². The number of nitro groups is 1. The maximum Gasteiger partial charge on any atom is 0.294 e. The van der Waals surface area contributed by atoms with Crippen LogP contribution in [0.1, 0.15) is 16.8 Å². The number of nitrogens with zero attached hydrogens (tertiary/aromatic N) is 2. The second-order valence-corrected chi connectivity index (χ2v) is 5.39. The molecule has 6 nitrogen and oxygen atoms in total. The van der Waals surface area contributed by atoms with Crippen LogP contribution in [0.25, 0.3) is 0 Å². The van der Waals surface area contributed by atoms with E-state index in [-0.39, 0.29) is 22.3 Å². The molecular weight excluding hydrogens is 340 g/mol. The number of nitrogens with two attached hydrogens (primary N) is 1. The van der Waals surface area contributed by atoms with Crippen LogP contribution in [0, 0.1) is 10.1 Å². The van der Waals surface area contributed by atoms with Crippen molar-refractivity contribution in [2.75, 3.05) is 18.0 Å². The van der Waals surface area contributed by atoms with Crippen LogP contribution in [0.3, 0.4) is 0 Å². The third kappa shape index (κ3) is 2.72. The van der Waals surface area contributed by atoms with E-state index in [4.69, 9.17) is 5.73 Å². The standard InChI is InChI=1S/C11H10BrF2N3O3/c12-6-3-7(10(15)18)9(8(4-6)17(19)20)16-2-1-11(13,14)5-16/h3-4H,1-2,5H2,(H2,15,18). The number of halogens is 3. The van der Waals surface area contributed by atoms with Gasteiger partial charge in [0.05, 0.1) is 17.0 Å². The molecule has 0 radical (unpaired) electrons. The fourth-order valence-corrected chi connectivity index (χ4v) is 2.62. The van der Waals surface area contributed by atoms with E-state index in [1.165, 1.54) is 6.07 Å². The van der Waals surface area contributed by atoms with Gasteiger partial charge in [-0.05, 0) is 6.07 Å². The zero-order valence-electron chi connectivity index (χ0n) is 10.1. The molecule has 1 heterocycles. The van der Waals surface area contributed by atoms with Gasteiger partial charge in [0.25, 0.3) is 17.5 Å². The molecule has 0 bridgehead atoms. The molecule has 0 atom stereocenters. The number of primary amides is 1. The van der Waals surface area contributed by atoms with Gasteiger partial charge in [0.1, 0.15) is 5.69 Å². The molecule has 0 unspecified atom stereocenters. The number of carbonyl (C=O) groups excluding carboxylic acids is 1. The summed E-state index contributed by atoms with van der Waals surface area (Å²) in [5.74, 6) is -3.84. The summed E-state index contributed by atoms with van der Waals surface area (Å²) in [6.07, 6.45) is -0.418. The number of anilines is 1. The van der Waals surface area contributed by atoms with E-state index >= 15 is 0 Å². The molecule has 0 aromatic heterocycles. The van der Waals surface area contributed by atoms with Gasteiger partial charge < -0.3 is 10.6 Å². The van der Waals surface area contributed by atoms with Gasteiger partial charge in [-0.25, -0.2) is 8.78 Å². The molecule has 1 aromatic rings. The average molecular weight is 350 g/mol. The first kappa shape index (κ1) is 14.6. The Morgan fingerprint density at radius 1 is 1.50 bits per heavy atom. The normalized spacial score (nSPS) is 17.2. The summed E-state index contributed by atoms with van der Waals surface area (Å²) in [5.41, 5.74) is 4.47. The summed E-state index contributed by atoms with van der Waals surface area (Å²) in [6, 6.07) is 2.46. The summed E-state index contributed by atoms with van der Waals surface area (Å²) in [6.45, 7) is -0.745. The van der Waals surface area contributed by atoms with Crippen LogP contribution in [0.5, 0.6) is 0 Å². The molecule has 2 rings (SSSR count). The van der Waals surface area contributed by atoms with E-state index in [0.717, 1.165) is 11.0 Å². The summed E-state index contributed by atoms with van der Waals surface area (Å²) >= 11 is 3.04. The summed E-state index contributed by atoms with van der Waals surface area (Å²) in [5, 5.41) is 11.1. The van der Waals surface area contributed by atoms with Crippen molar-refractivity contribution in [2.45, 2.75) is 12.3 Å². The van der Waals surface area contributed by atoms with Crippen LogP contribution in [-0.4, -0.2) is 29.8 Å². The van der Waals surface area contributed by atoms with Crippen LogP contribution >= 0.6 is 15.9 Å². The maximum atomic E-state index is 13.3. The lowest BCUT2D eigenvalue weighted by molar-refractivity contribution is -0.384. The van der Waals surface area contributed by atoms with E-state index in [1.807, 2.05) is 0 Å². The summed E-state index contributed by atoms with van der Waals surface area (Å²) < 4.78 is 26.9. The second-order valence-electron chi connectivity index (χ2n) is 4.47. The van der Waals surface area contributed by atoms with E-state index < -0.39 is 35.4 Å². The minimum Gasteiger partial charge on any atom is -0.366 e. The van der Waals surface area contributed by atoms with Crippen molar-refractivity contribution >= 4 is 33.2 Å². The van der Waals surface area contributed by atoms with Gasteiger partial charge in [0.2, 0.25) is 0 Å². The Morgan fingerprint density at radius 3 is 2.60 bits per heavy atom. The molecule has 1 aliphatic rings. The first-order chi connectivity index (χ1) is 9.21. The quantitative estimate of drug-likeness (QED) is 0.669. The van der Waals surface area contributed by atoms with Crippen LogP contribution < -0.4 is 10.6 Å². The maximum absolute atomic E-state index is 13.3. The number of rotatable bonds is 3. The Balaban J connectivity index is 2.60. The van der Waals surface area contributed by atoms with Crippen LogP contribution in [0.15, 0.2) is 16.6 Å². The summed E-state index contributed by atoms with van der Waals surface area (Å²) in [7, 11) is 0. The van der Waals surface area contributed by atoms with Gasteiger partial charge in [-0.2, -0.15) is 0 Å². The highest BCUT2D eigenvalue weighted by molar-refractivity contribution is 9.10. The first-order valence-electron chi connectivity index (χ1n) is 5.62. The molecule has 1 saturated heterocycles. The molecule has 9 heteroatoms. The molecule has 1 amide bonds. The monoisotopic (exact) mass is 349 g/mol. The van der Waals surface area contributed by atoms with E-state index in [1.54, 1.807) is 0 Å². The number of nitro benzene ring substituents is 1. The lowest BCUT2D eigenvalue weighted by atomic mass is 10.1. The number of hydrogen-bond donors (Lipinski definition) is 1. The molecule has 2 N–H and O–H groups in total. The number of hydrogen-bond acceptors (Lipinski definition) is 4. The zero-order valence-corrected chi connectivity index (χ0v) is 11.7. The fourth-order valence-electron chi connectivity index (χ4n) is 2.17. The van der Waals surface area contributed by atoms with Gasteiger partial charge in [-0.3, -0.25) is 14.9 Å². The molecule has 1 fully saturated rings. The predicted molar refractivity (Wildman–Crippen MR) is 71.1 cm³/mol. The molecule has 1 aliphatic heterocycles. The van der Waals surface area contributed by atoms with Crippen molar-refractivity contribution in [2.24, 2.45) is 5.73 Å². The van der Waals surface area contributed by atoms with E-state index in [0.29, 0.717) is 0 Å². The number of alkyl halides is 2. The van der Waals surface area contributed by atoms with Crippen molar-refractivity contribution in [3.05, 3.63) is 32.3 Å². The number of carbonyl (C=O) groups is 1. The number of benzene rings is 1. The Bertz CT molecular complexity index is 559. The smallest absolute Gasteiger partial charge is 0.294 e. The zero-order chi connectivity index (χ0) is 15.1. The molecular formula is C11H10BrF2N3O3. The van der Waals surface area contributed by atoms with Gasteiger partial charge in [0, 0.05) is 23.5 Å². The van der Waals surface area contributed by atoms with Crippen molar-refractivity contribution in [1.82, 2.24) is 0 Å². The Morgan fingerprint density at radius 2 is 2.15 bits per heavy atom. The minimum atomic E-state index is -2.93. The highest BCUT2D eigenvalue weighted by Crippen LogP contribution is 2.39. The average Bonchev–Trinajstić information content (AvgIpc) is 2.68. The van der Waals surface area contributed by atoms with Crippen LogP contribution in [-0.2, 0) is 0 Å². The van der Waals surface area contributed by atoms with Crippen molar-refractivity contribution in [3.63, 3.8) is 0 Å². The Kier molecular flexibility index (Phi) is 3.63. The molecule has 0 spiro atoms. The van der Waals surface area contributed by atoms with Crippen LogP contribution in [0.4, 0.5) is 20.2 Å². The topological polar surface area (TPSA) is 89.5 Å². The molecule has 0 aliphatic carbocycles. The van der Waals surface area contributed by atoms with Crippen molar-refractivity contribution < 1.29 is 18.5 Å². The lowest BCUT2D eigenvalue weighted by Gasteiger charge is -2.20. The fraction of sp³-hybridized carbons (Fsp3) is 0.364. The third-order valence-corrected chi connectivity index (χ3v) is 3.46. The van der Waals surface area contributed by atoms with Gasteiger partial charge >= 0.3 is 0 Å². The minimum absolute atomic E-state index is 0.0737. The van der Waals surface area contributed by atoms with Gasteiger partial charge in [0.15, 0.2) is 0 Å². The lowest BCUT2D eigenvalue weighted by Crippen LogP contribution is -2.28. The van der Waals surface area contributed by atoms with Crippen molar-refractivity contribution in [3.8, 4) is 0 Å². The van der Waals surface area contributed by atoms with Gasteiger partial charge in [-0.1, -0.05) is 15.9 Å². The second kappa shape index (κ2) is 4.97. The Hall–Kier alpha value is -1.77. The Labute approximate surface area is 120 Å². The van der Waals surface area contributed by atoms with Crippen molar-refractivity contribution in [1.29, 1.82) is 0 Å². The third-order valence-electron chi connectivity index (χ3n) is 3.00. The first-order valence-corrected chi connectivity index (χ1v) is 6.41. The highest BCUT2D eigenvalue weighted by Gasteiger charge is 2.41.